The molecule has 2 heterocycles. The van der Waals surface area contributed by atoms with Crippen LogP contribution in [0.15, 0.2) is 77.9 Å². The molecule has 0 aliphatic rings. The first kappa shape index (κ1) is 18.6. The normalized spacial score (nSPS) is 10.7. The molecule has 0 amide bonds. The number of ether oxygens (including phenoxy) is 1. The molecule has 0 atom stereocenters. The van der Waals surface area contributed by atoms with Crippen molar-refractivity contribution in [3.63, 3.8) is 0 Å². The van der Waals surface area contributed by atoms with E-state index in [1.54, 1.807) is 12.3 Å². The highest BCUT2D eigenvalue weighted by Gasteiger charge is 2.16. The number of methoxy groups -OCH3 is 1. The summed E-state index contributed by atoms with van der Waals surface area (Å²) in [4.78, 5) is 21.9. The van der Waals surface area contributed by atoms with Crippen LogP contribution in [0.4, 0.5) is 5.69 Å². The molecule has 4 rings (SSSR count). The molecule has 144 valence electrons. The lowest BCUT2D eigenvalue weighted by atomic mass is 10.0. The molecule has 0 saturated heterocycles. The first-order valence-electron chi connectivity index (χ1n) is 9.35. The lowest BCUT2D eigenvalue weighted by molar-refractivity contribution is 0.0600. The zero-order valence-corrected chi connectivity index (χ0v) is 16.6. The van der Waals surface area contributed by atoms with Crippen LogP contribution < -0.4 is 0 Å². The van der Waals surface area contributed by atoms with Crippen LogP contribution in [0.2, 0.25) is 0 Å². The van der Waals surface area contributed by atoms with Crippen molar-refractivity contribution in [2.75, 3.05) is 7.11 Å². The van der Waals surface area contributed by atoms with Crippen LogP contribution in [0.3, 0.4) is 0 Å². The summed E-state index contributed by atoms with van der Waals surface area (Å²) in [5.74, 6) is -0.407. The Labute approximate surface area is 169 Å². The first-order valence-corrected chi connectivity index (χ1v) is 9.35. The van der Waals surface area contributed by atoms with Crippen LogP contribution in [0, 0.1) is 13.8 Å². The highest BCUT2D eigenvalue weighted by atomic mass is 16.5. The van der Waals surface area contributed by atoms with Gasteiger partial charge in [0.1, 0.15) is 5.69 Å². The predicted octanol–water partition coefficient (Wildman–Crippen LogP) is 4.91. The lowest BCUT2D eigenvalue weighted by Crippen LogP contribution is -2.05. The smallest absolute Gasteiger partial charge is 0.339 e. The summed E-state index contributed by atoms with van der Waals surface area (Å²) in [6, 6.07) is 21.7. The second-order valence-corrected chi connectivity index (χ2v) is 6.77. The van der Waals surface area contributed by atoms with Gasteiger partial charge in [0.15, 0.2) is 5.65 Å². The van der Waals surface area contributed by atoms with Gasteiger partial charge >= 0.3 is 5.97 Å². The number of pyridine rings is 1. The molecule has 0 N–H and O–H groups in total. The molecule has 4 aromatic rings. The summed E-state index contributed by atoms with van der Waals surface area (Å²) in [5.41, 5.74) is 6.39. The maximum atomic E-state index is 12.2. The van der Waals surface area contributed by atoms with Crippen LogP contribution in [-0.4, -0.2) is 28.2 Å². The fourth-order valence-electron chi connectivity index (χ4n) is 3.27. The molecule has 0 aliphatic carbocycles. The standard InChI is InChI=1S/C24H21N3O2/c1-16-17(2)27-15-20(24(28)29-3)14-21(23(27)25-16)26-22(18-10-6-4-7-11-18)19-12-8-5-9-13-19/h4-15H,1-3H3. The third-order valence-corrected chi connectivity index (χ3v) is 4.92. The van der Waals surface area contributed by atoms with Gasteiger partial charge in [0, 0.05) is 23.0 Å². The quantitative estimate of drug-likeness (QED) is 0.372. The summed E-state index contributed by atoms with van der Waals surface area (Å²) in [5, 5.41) is 0. The molecule has 0 spiro atoms. The summed E-state index contributed by atoms with van der Waals surface area (Å²) >= 11 is 0. The molecular weight excluding hydrogens is 362 g/mol. The van der Waals surface area contributed by atoms with Crippen LogP contribution in [0.25, 0.3) is 5.65 Å². The Balaban J connectivity index is 2.01. The Kier molecular flexibility index (Phi) is 4.96. The van der Waals surface area contributed by atoms with Crippen molar-refractivity contribution in [1.29, 1.82) is 0 Å². The van der Waals surface area contributed by atoms with E-state index in [4.69, 9.17) is 9.73 Å². The van der Waals surface area contributed by atoms with E-state index in [2.05, 4.69) is 4.98 Å². The van der Waals surface area contributed by atoms with Gasteiger partial charge in [-0.25, -0.2) is 14.8 Å². The van der Waals surface area contributed by atoms with Crippen molar-refractivity contribution in [1.82, 2.24) is 9.38 Å². The van der Waals surface area contributed by atoms with Crippen molar-refractivity contribution in [2.24, 2.45) is 4.99 Å². The molecule has 29 heavy (non-hydrogen) atoms. The van der Waals surface area contributed by atoms with E-state index in [-0.39, 0.29) is 0 Å². The number of hydrogen-bond acceptors (Lipinski definition) is 4. The number of aliphatic imine (C=N–C) groups is 1. The van der Waals surface area contributed by atoms with Gasteiger partial charge in [-0.15, -0.1) is 0 Å². The molecule has 0 aliphatic heterocycles. The number of carbonyl (C=O) groups is 1. The zero-order valence-electron chi connectivity index (χ0n) is 16.6. The van der Waals surface area contributed by atoms with Gasteiger partial charge in [0.2, 0.25) is 0 Å². The van der Waals surface area contributed by atoms with Gasteiger partial charge in [0.05, 0.1) is 24.1 Å². The minimum absolute atomic E-state index is 0.407. The Bertz CT molecular complexity index is 1170. The lowest BCUT2D eigenvalue weighted by Gasteiger charge is -2.10. The van der Waals surface area contributed by atoms with Crippen LogP contribution in [-0.2, 0) is 4.74 Å². The summed E-state index contributed by atoms with van der Waals surface area (Å²) < 4.78 is 6.84. The first-order chi connectivity index (χ1) is 14.1. The van der Waals surface area contributed by atoms with Gasteiger partial charge in [0.25, 0.3) is 0 Å². The largest absolute Gasteiger partial charge is 0.465 e. The van der Waals surface area contributed by atoms with Gasteiger partial charge in [-0.1, -0.05) is 60.7 Å². The number of aromatic nitrogens is 2. The molecular formula is C24H21N3O2. The van der Waals surface area contributed by atoms with Crippen LogP contribution in [0.1, 0.15) is 32.9 Å². The second-order valence-electron chi connectivity index (χ2n) is 6.77. The Morgan fingerprint density at radius 2 is 1.52 bits per heavy atom. The van der Waals surface area contributed by atoms with E-state index in [9.17, 15) is 4.79 Å². The number of rotatable bonds is 4. The number of imidazole rings is 1. The van der Waals surface area contributed by atoms with Gasteiger partial charge < -0.3 is 9.14 Å². The number of esters is 1. The molecule has 0 radical (unpaired) electrons. The number of nitrogens with zero attached hydrogens (tertiary/aromatic N) is 3. The van der Waals surface area contributed by atoms with Crippen molar-refractivity contribution in [2.45, 2.75) is 13.8 Å². The zero-order chi connectivity index (χ0) is 20.4. The summed E-state index contributed by atoms with van der Waals surface area (Å²) in [6.45, 7) is 3.92. The minimum Gasteiger partial charge on any atom is -0.465 e. The van der Waals surface area contributed by atoms with Crippen molar-refractivity contribution in [3.8, 4) is 0 Å². The number of fused-ring (bicyclic) bond motifs is 1. The molecule has 2 aromatic carbocycles. The fraction of sp³-hybridized carbons (Fsp3) is 0.125. The average Bonchev–Trinajstić information content (AvgIpc) is 3.06. The van der Waals surface area contributed by atoms with E-state index < -0.39 is 5.97 Å². The summed E-state index contributed by atoms with van der Waals surface area (Å²) in [7, 11) is 1.38. The number of hydrogen-bond donors (Lipinski definition) is 0. The van der Waals surface area contributed by atoms with Crippen LogP contribution in [0.5, 0.6) is 0 Å². The predicted molar refractivity (Wildman–Crippen MR) is 114 cm³/mol. The number of carbonyl (C=O) groups excluding carboxylic acids is 1. The van der Waals surface area contributed by atoms with Crippen molar-refractivity contribution < 1.29 is 9.53 Å². The average molecular weight is 383 g/mol. The monoisotopic (exact) mass is 383 g/mol. The fourth-order valence-corrected chi connectivity index (χ4v) is 3.27. The van der Waals surface area contributed by atoms with E-state index >= 15 is 0 Å². The Morgan fingerprint density at radius 1 is 0.931 bits per heavy atom. The summed E-state index contributed by atoms with van der Waals surface area (Å²) in [6.07, 6.45) is 1.75. The SMILES string of the molecule is COC(=O)c1cc(N=C(c2ccccc2)c2ccccc2)c2nc(C)c(C)n2c1. The molecule has 0 unspecified atom stereocenters. The van der Waals surface area contributed by atoms with Gasteiger partial charge in [-0.05, 0) is 19.9 Å². The third-order valence-electron chi connectivity index (χ3n) is 4.92. The third kappa shape index (κ3) is 3.55. The van der Waals surface area contributed by atoms with Crippen molar-refractivity contribution >= 4 is 23.0 Å². The molecule has 0 bridgehead atoms. The number of benzene rings is 2. The van der Waals surface area contributed by atoms with E-state index in [0.29, 0.717) is 16.9 Å². The molecule has 0 saturated carbocycles. The second kappa shape index (κ2) is 7.72. The molecule has 0 fully saturated rings. The van der Waals surface area contributed by atoms with E-state index in [1.807, 2.05) is 78.9 Å². The van der Waals surface area contributed by atoms with Crippen LogP contribution >= 0.6 is 0 Å². The van der Waals surface area contributed by atoms with E-state index in [1.165, 1.54) is 7.11 Å². The Morgan fingerprint density at radius 3 is 2.07 bits per heavy atom. The molecule has 5 heteroatoms. The minimum atomic E-state index is -0.407. The topological polar surface area (TPSA) is 56.0 Å². The van der Waals surface area contributed by atoms with Gasteiger partial charge in [-0.2, -0.15) is 0 Å². The number of aryl methyl sites for hydroxylation is 2. The molecule has 2 aromatic heterocycles. The molecule has 5 nitrogen and oxygen atoms in total. The maximum absolute atomic E-state index is 12.2. The van der Waals surface area contributed by atoms with Crippen molar-refractivity contribution in [3.05, 3.63) is 101 Å². The maximum Gasteiger partial charge on any atom is 0.339 e. The highest BCUT2D eigenvalue weighted by Crippen LogP contribution is 2.27. The highest BCUT2D eigenvalue weighted by molar-refractivity contribution is 6.14. The van der Waals surface area contributed by atoms with Gasteiger partial charge in [-0.3, -0.25) is 0 Å². The van der Waals surface area contributed by atoms with E-state index in [0.717, 1.165) is 28.2 Å². The Hall–Kier alpha value is -3.73.